The van der Waals surface area contributed by atoms with Crippen LogP contribution in [0.15, 0.2) is 0 Å². The van der Waals surface area contributed by atoms with Crippen molar-refractivity contribution in [1.82, 2.24) is 9.80 Å². The SMILES string of the molecule is CN1CCN(C2CC(C(C)(C)C)CCC2CN)CC1. The normalized spacial score (nSPS) is 35.5. The molecular weight excluding hydrogens is 234 g/mol. The van der Waals surface area contributed by atoms with E-state index in [0.29, 0.717) is 5.41 Å². The predicted molar refractivity (Wildman–Crippen MR) is 82.2 cm³/mol. The van der Waals surface area contributed by atoms with Gasteiger partial charge < -0.3 is 10.6 Å². The molecule has 19 heavy (non-hydrogen) atoms. The molecule has 1 saturated heterocycles. The van der Waals surface area contributed by atoms with Gasteiger partial charge in [0.2, 0.25) is 0 Å². The molecule has 1 aliphatic carbocycles. The van der Waals surface area contributed by atoms with Crippen LogP contribution in [-0.2, 0) is 0 Å². The van der Waals surface area contributed by atoms with Crippen LogP contribution in [0.5, 0.6) is 0 Å². The molecule has 3 unspecified atom stereocenters. The molecule has 0 aromatic carbocycles. The molecule has 1 heterocycles. The van der Waals surface area contributed by atoms with Crippen LogP contribution in [0.3, 0.4) is 0 Å². The first-order chi connectivity index (χ1) is 8.91. The van der Waals surface area contributed by atoms with Gasteiger partial charge in [-0.2, -0.15) is 0 Å². The van der Waals surface area contributed by atoms with Crippen LogP contribution in [0.25, 0.3) is 0 Å². The summed E-state index contributed by atoms with van der Waals surface area (Å²) in [5, 5.41) is 0. The third-order valence-electron chi connectivity index (χ3n) is 5.49. The Labute approximate surface area is 119 Å². The van der Waals surface area contributed by atoms with Crippen molar-refractivity contribution in [3.8, 4) is 0 Å². The molecule has 3 atom stereocenters. The van der Waals surface area contributed by atoms with Crippen molar-refractivity contribution in [1.29, 1.82) is 0 Å². The van der Waals surface area contributed by atoms with Crippen molar-refractivity contribution in [2.45, 2.75) is 46.1 Å². The second-order valence-corrected chi connectivity index (χ2v) is 7.78. The molecular formula is C16H33N3. The summed E-state index contributed by atoms with van der Waals surface area (Å²) in [4.78, 5) is 5.17. The molecule has 2 fully saturated rings. The molecule has 2 rings (SSSR count). The van der Waals surface area contributed by atoms with E-state index in [2.05, 4.69) is 37.6 Å². The average Bonchev–Trinajstić information content (AvgIpc) is 2.38. The lowest BCUT2D eigenvalue weighted by molar-refractivity contribution is 0.0207. The molecule has 0 bridgehead atoms. The Morgan fingerprint density at radius 3 is 2.21 bits per heavy atom. The van der Waals surface area contributed by atoms with E-state index in [0.717, 1.165) is 24.4 Å². The Morgan fingerprint density at radius 1 is 1.05 bits per heavy atom. The quantitative estimate of drug-likeness (QED) is 0.831. The van der Waals surface area contributed by atoms with Gasteiger partial charge in [0.05, 0.1) is 0 Å². The molecule has 0 aromatic rings. The van der Waals surface area contributed by atoms with Gasteiger partial charge in [-0.3, -0.25) is 4.90 Å². The number of hydrogen-bond acceptors (Lipinski definition) is 3. The molecule has 0 radical (unpaired) electrons. The summed E-state index contributed by atoms with van der Waals surface area (Å²) in [6.07, 6.45) is 4.06. The topological polar surface area (TPSA) is 32.5 Å². The zero-order valence-electron chi connectivity index (χ0n) is 13.4. The van der Waals surface area contributed by atoms with Crippen LogP contribution in [0.1, 0.15) is 40.0 Å². The molecule has 0 aromatic heterocycles. The van der Waals surface area contributed by atoms with E-state index < -0.39 is 0 Å². The first-order valence-electron chi connectivity index (χ1n) is 8.04. The first kappa shape index (κ1) is 15.3. The predicted octanol–water partition coefficient (Wildman–Crippen LogP) is 2.02. The van der Waals surface area contributed by atoms with E-state index in [1.54, 1.807) is 0 Å². The van der Waals surface area contributed by atoms with Crippen molar-refractivity contribution in [3.05, 3.63) is 0 Å². The Kier molecular flexibility index (Phi) is 4.91. The van der Waals surface area contributed by atoms with Gasteiger partial charge in [-0.1, -0.05) is 20.8 Å². The Hall–Kier alpha value is -0.120. The van der Waals surface area contributed by atoms with Crippen molar-refractivity contribution in [2.75, 3.05) is 39.8 Å². The lowest BCUT2D eigenvalue weighted by atomic mass is 9.67. The van der Waals surface area contributed by atoms with E-state index in [-0.39, 0.29) is 0 Å². The van der Waals surface area contributed by atoms with Gasteiger partial charge >= 0.3 is 0 Å². The van der Waals surface area contributed by atoms with E-state index in [1.807, 2.05) is 0 Å². The highest BCUT2D eigenvalue weighted by Gasteiger charge is 2.38. The number of hydrogen-bond donors (Lipinski definition) is 1. The number of rotatable bonds is 2. The second kappa shape index (κ2) is 6.11. The summed E-state index contributed by atoms with van der Waals surface area (Å²) in [6.45, 7) is 13.0. The second-order valence-electron chi connectivity index (χ2n) is 7.78. The Balaban J connectivity index is 2.01. The van der Waals surface area contributed by atoms with Gasteiger partial charge in [0.1, 0.15) is 0 Å². The van der Waals surface area contributed by atoms with E-state index >= 15 is 0 Å². The smallest absolute Gasteiger partial charge is 0.0139 e. The molecule has 3 heteroatoms. The van der Waals surface area contributed by atoms with Crippen molar-refractivity contribution >= 4 is 0 Å². The minimum absolute atomic E-state index is 0.449. The Bertz CT molecular complexity index is 276. The molecule has 3 nitrogen and oxygen atoms in total. The maximum atomic E-state index is 6.05. The van der Waals surface area contributed by atoms with Crippen molar-refractivity contribution < 1.29 is 0 Å². The van der Waals surface area contributed by atoms with Crippen molar-refractivity contribution in [2.24, 2.45) is 23.0 Å². The molecule has 1 saturated carbocycles. The fourth-order valence-electron chi connectivity index (χ4n) is 3.87. The zero-order valence-corrected chi connectivity index (χ0v) is 13.4. The van der Waals surface area contributed by atoms with Gasteiger partial charge in [0.25, 0.3) is 0 Å². The highest BCUT2D eigenvalue weighted by Crippen LogP contribution is 2.41. The minimum atomic E-state index is 0.449. The zero-order chi connectivity index (χ0) is 14.0. The molecule has 0 spiro atoms. The van der Waals surface area contributed by atoms with Gasteiger partial charge in [-0.15, -0.1) is 0 Å². The lowest BCUT2D eigenvalue weighted by Crippen LogP contribution is -2.54. The highest BCUT2D eigenvalue weighted by molar-refractivity contribution is 4.92. The average molecular weight is 267 g/mol. The van der Waals surface area contributed by atoms with Gasteiger partial charge in [-0.25, -0.2) is 0 Å². The van der Waals surface area contributed by atoms with Gasteiger partial charge in [0.15, 0.2) is 0 Å². The third kappa shape index (κ3) is 3.71. The fourth-order valence-corrected chi connectivity index (χ4v) is 3.87. The van der Waals surface area contributed by atoms with E-state index in [9.17, 15) is 0 Å². The van der Waals surface area contributed by atoms with Crippen LogP contribution in [-0.4, -0.2) is 55.6 Å². The summed E-state index contributed by atoms with van der Waals surface area (Å²) in [5.74, 6) is 1.59. The number of likely N-dealkylation sites (N-methyl/N-ethyl adjacent to an activating group) is 1. The van der Waals surface area contributed by atoms with E-state index in [1.165, 1.54) is 45.4 Å². The number of nitrogens with zero attached hydrogens (tertiary/aromatic N) is 2. The highest BCUT2D eigenvalue weighted by atomic mass is 15.3. The van der Waals surface area contributed by atoms with Crippen LogP contribution in [0.4, 0.5) is 0 Å². The first-order valence-corrected chi connectivity index (χ1v) is 8.04. The molecule has 0 amide bonds. The molecule has 1 aliphatic heterocycles. The fraction of sp³-hybridized carbons (Fsp3) is 1.00. The maximum Gasteiger partial charge on any atom is 0.0139 e. The summed E-state index contributed by atoms with van der Waals surface area (Å²) in [7, 11) is 2.23. The van der Waals surface area contributed by atoms with E-state index in [4.69, 9.17) is 5.73 Å². The summed E-state index contributed by atoms with van der Waals surface area (Å²) in [6, 6.07) is 0.733. The van der Waals surface area contributed by atoms with Crippen LogP contribution >= 0.6 is 0 Å². The molecule has 2 N–H and O–H groups in total. The molecule has 2 aliphatic rings. The summed E-state index contributed by atoms with van der Waals surface area (Å²) < 4.78 is 0. The Morgan fingerprint density at radius 2 is 1.68 bits per heavy atom. The van der Waals surface area contributed by atoms with Crippen LogP contribution in [0.2, 0.25) is 0 Å². The lowest BCUT2D eigenvalue weighted by Gasteiger charge is -2.48. The summed E-state index contributed by atoms with van der Waals surface area (Å²) >= 11 is 0. The maximum absolute atomic E-state index is 6.05. The van der Waals surface area contributed by atoms with Crippen LogP contribution < -0.4 is 5.73 Å². The third-order valence-corrected chi connectivity index (χ3v) is 5.49. The minimum Gasteiger partial charge on any atom is -0.330 e. The summed E-state index contributed by atoms with van der Waals surface area (Å²) in [5.41, 5.74) is 6.49. The standard InChI is InChI=1S/C16H33N3/c1-16(2,3)14-6-5-13(12-17)15(11-14)19-9-7-18(4)8-10-19/h13-15H,5-12,17H2,1-4H3. The van der Waals surface area contributed by atoms with Crippen LogP contribution in [0, 0.1) is 17.3 Å². The largest absolute Gasteiger partial charge is 0.330 e. The van der Waals surface area contributed by atoms with Gasteiger partial charge in [-0.05, 0) is 50.1 Å². The van der Waals surface area contributed by atoms with Gasteiger partial charge in [0, 0.05) is 32.2 Å². The number of nitrogens with two attached hydrogens (primary N) is 1. The monoisotopic (exact) mass is 267 g/mol. The molecule has 112 valence electrons. The van der Waals surface area contributed by atoms with Crippen molar-refractivity contribution in [3.63, 3.8) is 0 Å². The number of piperazine rings is 1.